The number of carbonyl (C=O) groups excluding carboxylic acids is 2. The summed E-state index contributed by atoms with van der Waals surface area (Å²) in [5.41, 5.74) is 0. The number of rotatable bonds is 5. The molecule has 2 N–H and O–H groups in total. The highest BCUT2D eigenvalue weighted by atomic mass is 127. The average Bonchev–Trinajstić information content (AvgIpc) is 3.36. The summed E-state index contributed by atoms with van der Waals surface area (Å²) in [7, 11) is 3.46. The van der Waals surface area contributed by atoms with Crippen molar-refractivity contribution in [3.8, 4) is 0 Å². The topological polar surface area (TPSA) is 77.0 Å². The van der Waals surface area contributed by atoms with Gasteiger partial charge in [0, 0.05) is 45.2 Å². The van der Waals surface area contributed by atoms with E-state index in [0.29, 0.717) is 17.8 Å². The van der Waals surface area contributed by atoms with Crippen molar-refractivity contribution < 1.29 is 9.59 Å². The lowest BCUT2D eigenvalue weighted by atomic mass is 10.0. The molecule has 1 aliphatic carbocycles. The fourth-order valence-electron chi connectivity index (χ4n) is 2.72. The highest BCUT2D eigenvalue weighted by Gasteiger charge is 2.35. The van der Waals surface area contributed by atoms with Crippen LogP contribution in [0.4, 0.5) is 0 Å². The lowest BCUT2D eigenvalue weighted by molar-refractivity contribution is -0.133. The van der Waals surface area contributed by atoms with Gasteiger partial charge in [0.25, 0.3) is 0 Å². The lowest BCUT2D eigenvalue weighted by Gasteiger charge is -2.33. The van der Waals surface area contributed by atoms with E-state index in [4.69, 9.17) is 0 Å². The molecule has 0 aromatic rings. The summed E-state index contributed by atoms with van der Waals surface area (Å²) in [6.07, 6.45) is 3.95. The molecule has 1 saturated carbocycles. The van der Waals surface area contributed by atoms with Crippen LogP contribution in [0.5, 0.6) is 0 Å². The Labute approximate surface area is 168 Å². The average molecular weight is 465 g/mol. The molecular weight excluding hydrogens is 433 g/mol. The molecule has 8 heteroatoms. The minimum Gasteiger partial charge on any atom is -0.354 e. The Hall–Kier alpha value is -1.06. The first-order valence-electron chi connectivity index (χ1n) is 8.93. The molecule has 0 aromatic heterocycles. The summed E-state index contributed by atoms with van der Waals surface area (Å²) in [6, 6.07) is 0.523. The van der Waals surface area contributed by atoms with Gasteiger partial charge in [0.2, 0.25) is 11.8 Å². The van der Waals surface area contributed by atoms with E-state index in [1.165, 1.54) is 0 Å². The van der Waals surface area contributed by atoms with Crippen molar-refractivity contribution in [3.05, 3.63) is 0 Å². The molecule has 2 aliphatic rings. The van der Waals surface area contributed by atoms with Crippen molar-refractivity contribution in [3.63, 3.8) is 0 Å². The second-order valence-electron chi connectivity index (χ2n) is 7.27. The predicted molar refractivity (Wildman–Crippen MR) is 110 cm³/mol. The van der Waals surface area contributed by atoms with Crippen LogP contribution in [0, 0.1) is 5.92 Å². The Morgan fingerprint density at radius 3 is 2.24 bits per heavy atom. The van der Waals surface area contributed by atoms with Gasteiger partial charge in [-0.05, 0) is 39.5 Å². The van der Waals surface area contributed by atoms with Gasteiger partial charge < -0.3 is 20.4 Å². The number of hydrogen-bond donors (Lipinski definition) is 2. The number of likely N-dealkylation sites (tertiary alicyclic amines) is 1. The van der Waals surface area contributed by atoms with Crippen LogP contribution in [-0.2, 0) is 9.59 Å². The number of likely N-dealkylation sites (N-methyl/N-ethyl adjacent to an activating group) is 1. The van der Waals surface area contributed by atoms with Gasteiger partial charge in [-0.25, -0.2) is 4.99 Å². The van der Waals surface area contributed by atoms with Crippen molar-refractivity contribution in [2.24, 2.45) is 10.9 Å². The molecule has 2 fully saturated rings. The van der Waals surface area contributed by atoms with Crippen molar-refractivity contribution in [1.29, 1.82) is 0 Å². The molecule has 1 saturated heterocycles. The number of guanidine groups is 1. The largest absolute Gasteiger partial charge is 0.354 e. The third-order valence-electron chi connectivity index (χ3n) is 4.37. The molecule has 144 valence electrons. The fourth-order valence-corrected chi connectivity index (χ4v) is 2.72. The number of piperidine rings is 1. The SMILES string of the molecule is CC(C)NC(=NCC(=O)N(C)C)NC1CCN(C(=O)C2CC2)CC1.I. The number of carbonyl (C=O) groups is 2. The first kappa shape index (κ1) is 22.0. The first-order chi connectivity index (χ1) is 11.4. The number of nitrogens with one attached hydrogen (secondary N) is 2. The molecule has 0 aromatic carbocycles. The maximum Gasteiger partial charge on any atom is 0.243 e. The number of amides is 2. The third kappa shape index (κ3) is 7.37. The summed E-state index contributed by atoms with van der Waals surface area (Å²) < 4.78 is 0. The van der Waals surface area contributed by atoms with E-state index in [-0.39, 0.29) is 48.5 Å². The smallest absolute Gasteiger partial charge is 0.243 e. The molecule has 2 rings (SSSR count). The van der Waals surface area contributed by atoms with Gasteiger partial charge in [-0.15, -0.1) is 24.0 Å². The summed E-state index contributed by atoms with van der Waals surface area (Å²) in [5.74, 6) is 1.28. The Morgan fingerprint density at radius 2 is 1.76 bits per heavy atom. The van der Waals surface area contributed by atoms with Crippen LogP contribution in [-0.4, -0.2) is 73.4 Å². The summed E-state index contributed by atoms with van der Waals surface area (Å²) >= 11 is 0. The fraction of sp³-hybridized carbons (Fsp3) is 0.824. The number of halogens is 1. The van der Waals surface area contributed by atoms with E-state index in [9.17, 15) is 9.59 Å². The van der Waals surface area contributed by atoms with E-state index < -0.39 is 0 Å². The highest BCUT2D eigenvalue weighted by Crippen LogP contribution is 2.31. The van der Waals surface area contributed by atoms with Crippen LogP contribution in [0.1, 0.15) is 39.5 Å². The monoisotopic (exact) mass is 465 g/mol. The minimum absolute atomic E-state index is 0. The van der Waals surface area contributed by atoms with Crippen molar-refractivity contribution >= 4 is 41.8 Å². The molecule has 7 nitrogen and oxygen atoms in total. The van der Waals surface area contributed by atoms with E-state index in [0.717, 1.165) is 38.8 Å². The van der Waals surface area contributed by atoms with Gasteiger partial charge in [0.15, 0.2) is 5.96 Å². The maximum atomic E-state index is 12.1. The zero-order chi connectivity index (χ0) is 17.7. The molecule has 1 heterocycles. The Morgan fingerprint density at radius 1 is 1.16 bits per heavy atom. The molecule has 0 bridgehead atoms. The Kier molecular flexibility index (Phi) is 8.95. The molecule has 0 radical (unpaired) electrons. The van der Waals surface area contributed by atoms with E-state index >= 15 is 0 Å². The van der Waals surface area contributed by atoms with Crippen molar-refractivity contribution in [2.45, 2.75) is 51.6 Å². The van der Waals surface area contributed by atoms with Crippen molar-refractivity contribution in [2.75, 3.05) is 33.7 Å². The zero-order valence-corrected chi connectivity index (χ0v) is 18.1. The summed E-state index contributed by atoms with van der Waals surface area (Å²) in [6.45, 7) is 5.83. The van der Waals surface area contributed by atoms with Crippen LogP contribution < -0.4 is 10.6 Å². The maximum absolute atomic E-state index is 12.1. The standard InChI is InChI=1S/C17H31N5O2.HI/c1-12(2)19-17(18-11-15(23)21(3)4)20-14-7-9-22(10-8-14)16(24)13-5-6-13;/h12-14H,5-11H2,1-4H3,(H2,18,19,20);1H. The molecule has 0 unspecified atom stereocenters. The molecule has 2 amide bonds. The minimum atomic E-state index is -0.0234. The van der Waals surface area contributed by atoms with E-state index in [1.54, 1.807) is 19.0 Å². The van der Waals surface area contributed by atoms with Crippen LogP contribution in [0.15, 0.2) is 4.99 Å². The van der Waals surface area contributed by atoms with Gasteiger partial charge in [-0.2, -0.15) is 0 Å². The third-order valence-corrected chi connectivity index (χ3v) is 4.37. The highest BCUT2D eigenvalue weighted by molar-refractivity contribution is 14.0. The molecule has 1 aliphatic heterocycles. The number of hydrogen-bond acceptors (Lipinski definition) is 3. The van der Waals surface area contributed by atoms with Crippen LogP contribution >= 0.6 is 24.0 Å². The van der Waals surface area contributed by atoms with Crippen LogP contribution in [0.3, 0.4) is 0 Å². The zero-order valence-electron chi connectivity index (χ0n) is 15.7. The summed E-state index contributed by atoms with van der Waals surface area (Å²) in [4.78, 5) is 31.8. The summed E-state index contributed by atoms with van der Waals surface area (Å²) in [5, 5.41) is 6.69. The number of nitrogens with zero attached hydrogens (tertiary/aromatic N) is 3. The first-order valence-corrected chi connectivity index (χ1v) is 8.93. The predicted octanol–water partition coefficient (Wildman–Crippen LogP) is 1.04. The van der Waals surface area contributed by atoms with Crippen LogP contribution in [0.2, 0.25) is 0 Å². The molecule has 0 atom stereocenters. The quantitative estimate of drug-likeness (QED) is 0.362. The normalized spacial score (nSPS) is 18.6. The van der Waals surface area contributed by atoms with Gasteiger partial charge in [-0.3, -0.25) is 9.59 Å². The van der Waals surface area contributed by atoms with Gasteiger partial charge in [0.05, 0.1) is 0 Å². The molecular formula is C17H32IN5O2. The van der Waals surface area contributed by atoms with Gasteiger partial charge in [0.1, 0.15) is 6.54 Å². The van der Waals surface area contributed by atoms with Gasteiger partial charge in [-0.1, -0.05) is 0 Å². The Balaban J connectivity index is 0.00000312. The molecule has 0 spiro atoms. The molecule has 25 heavy (non-hydrogen) atoms. The van der Waals surface area contributed by atoms with E-state index in [2.05, 4.69) is 15.6 Å². The Bertz CT molecular complexity index is 483. The van der Waals surface area contributed by atoms with Crippen molar-refractivity contribution in [1.82, 2.24) is 20.4 Å². The second kappa shape index (κ2) is 10.2. The lowest BCUT2D eigenvalue weighted by Crippen LogP contribution is -2.51. The second-order valence-corrected chi connectivity index (χ2v) is 7.27. The van der Waals surface area contributed by atoms with Gasteiger partial charge >= 0.3 is 0 Å². The van der Waals surface area contributed by atoms with E-state index in [1.807, 2.05) is 18.7 Å². The number of aliphatic imine (C=N–C) groups is 1. The van der Waals surface area contributed by atoms with Crippen LogP contribution in [0.25, 0.3) is 0 Å².